The summed E-state index contributed by atoms with van der Waals surface area (Å²) in [6.07, 6.45) is 3.07. The van der Waals surface area contributed by atoms with Crippen molar-refractivity contribution in [1.82, 2.24) is 19.4 Å². The first-order chi connectivity index (χ1) is 8.83. The maximum Gasteiger partial charge on any atom is 0.159 e. The normalized spacial score (nSPS) is 20.9. The number of rotatable bonds is 3. The lowest BCUT2D eigenvalue weighted by atomic mass is 10.1. The molecule has 0 radical (unpaired) electrons. The van der Waals surface area contributed by atoms with Crippen LogP contribution in [0, 0.1) is 0 Å². The minimum atomic E-state index is 0.569. The standard InChI is InChI=1S/C14H20N4/c1-3-17-9-7-11(10-17)13-16-12-6-5-8-15-14(12)18(13)4-2/h5-6,8,11H,3-4,7,9-10H2,1-2H3. The van der Waals surface area contributed by atoms with E-state index in [0.29, 0.717) is 5.92 Å². The van der Waals surface area contributed by atoms with E-state index in [4.69, 9.17) is 4.98 Å². The first kappa shape index (κ1) is 11.7. The third-order valence-electron chi connectivity index (χ3n) is 3.93. The molecule has 3 heterocycles. The summed E-state index contributed by atoms with van der Waals surface area (Å²) in [6.45, 7) is 8.83. The van der Waals surface area contributed by atoms with E-state index >= 15 is 0 Å². The highest BCUT2D eigenvalue weighted by molar-refractivity contribution is 5.71. The smallest absolute Gasteiger partial charge is 0.159 e. The van der Waals surface area contributed by atoms with Gasteiger partial charge in [0.05, 0.1) is 0 Å². The Bertz CT molecular complexity index is 546. The van der Waals surface area contributed by atoms with Crippen LogP contribution in [0.5, 0.6) is 0 Å². The Morgan fingerprint density at radius 3 is 2.94 bits per heavy atom. The Hall–Kier alpha value is -1.42. The van der Waals surface area contributed by atoms with E-state index in [0.717, 1.165) is 30.8 Å². The molecule has 2 aromatic rings. The molecule has 1 atom stereocenters. The van der Waals surface area contributed by atoms with E-state index < -0.39 is 0 Å². The number of aromatic nitrogens is 3. The molecule has 1 aliphatic heterocycles. The van der Waals surface area contributed by atoms with Gasteiger partial charge in [-0.2, -0.15) is 0 Å². The maximum atomic E-state index is 4.81. The predicted octanol–water partition coefficient (Wildman–Crippen LogP) is 2.26. The number of imidazole rings is 1. The molecule has 0 bridgehead atoms. The molecule has 0 N–H and O–H groups in total. The molecule has 1 unspecified atom stereocenters. The van der Waals surface area contributed by atoms with Gasteiger partial charge in [0.25, 0.3) is 0 Å². The molecule has 96 valence electrons. The van der Waals surface area contributed by atoms with Crippen molar-refractivity contribution in [2.45, 2.75) is 32.7 Å². The largest absolute Gasteiger partial charge is 0.313 e. The summed E-state index contributed by atoms with van der Waals surface area (Å²) in [6, 6.07) is 4.02. The summed E-state index contributed by atoms with van der Waals surface area (Å²) in [5.74, 6) is 1.79. The number of nitrogens with zero attached hydrogens (tertiary/aromatic N) is 4. The van der Waals surface area contributed by atoms with Gasteiger partial charge in [0.1, 0.15) is 11.3 Å². The van der Waals surface area contributed by atoms with Crippen molar-refractivity contribution in [1.29, 1.82) is 0 Å². The summed E-state index contributed by atoms with van der Waals surface area (Å²) < 4.78 is 2.28. The van der Waals surface area contributed by atoms with Crippen LogP contribution < -0.4 is 0 Å². The summed E-state index contributed by atoms with van der Waals surface area (Å²) >= 11 is 0. The van der Waals surface area contributed by atoms with Crippen molar-refractivity contribution in [3.05, 3.63) is 24.2 Å². The van der Waals surface area contributed by atoms with Crippen LogP contribution in [0.15, 0.2) is 18.3 Å². The number of likely N-dealkylation sites (tertiary alicyclic amines) is 1. The molecule has 1 fully saturated rings. The average Bonchev–Trinajstić information content (AvgIpc) is 3.02. The molecule has 1 aliphatic rings. The van der Waals surface area contributed by atoms with E-state index in [1.54, 1.807) is 0 Å². The van der Waals surface area contributed by atoms with Crippen molar-refractivity contribution in [3.8, 4) is 0 Å². The summed E-state index contributed by atoms with van der Waals surface area (Å²) in [5.41, 5.74) is 2.06. The number of pyridine rings is 1. The van der Waals surface area contributed by atoms with Crippen LogP contribution in [0.2, 0.25) is 0 Å². The van der Waals surface area contributed by atoms with E-state index in [9.17, 15) is 0 Å². The van der Waals surface area contributed by atoms with Crippen LogP contribution in [0.4, 0.5) is 0 Å². The van der Waals surface area contributed by atoms with E-state index in [1.807, 2.05) is 12.3 Å². The fraction of sp³-hybridized carbons (Fsp3) is 0.571. The molecule has 1 saturated heterocycles. The zero-order valence-corrected chi connectivity index (χ0v) is 11.1. The van der Waals surface area contributed by atoms with Crippen molar-refractivity contribution in [2.75, 3.05) is 19.6 Å². The van der Waals surface area contributed by atoms with Gasteiger partial charge in [-0.05, 0) is 38.6 Å². The van der Waals surface area contributed by atoms with Crippen LogP contribution in [-0.2, 0) is 6.54 Å². The van der Waals surface area contributed by atoms with Crippen molar-refractivity contribution < 1.29 is 0 Å². The molecular weight excluding hydrogens is 224 g/mol. The molecule has 4 nitrogen and oxygen atoms in total. The Kier molecular flexibility index (Phi) is 3.04. The van der Waals surface area contributed by atoms with E-state index in [1.165, 1.54) is 18.8 Å². The van der Waals surface area contributed by atoms with Gasteiger partial charge in [-0.15, -0.1) is 0 Å². The molecular formula is C14H20N4. The van der Waals surface area contributed by atoms with Gasteiger partial charge in [0, 0.05) is 25.2 Å². The minimum Gasteiger partial charge on any atom is -0.313 e. The highest BCUT2D eigenvalue weighted by Crippen LogP contribution is 2.28. The second kappa shape index (κ2) is 4.69. The fourth-order valence-electron chi connectivity index (χ4n) is 2.93. The molecule has 4 heteroatoms. The molecule has 0 aliphatic carbocycles. The average molecular weight is 244 g/mol. The van der Waals surface area contributed by atoms with Crippen molar-refractivity contribution in [3.63, 3.8) is 0 Å². The molecule has 0 saturated carbocycles. The predicted molar refractivity (Wildman–Crippen MR) is 72.7 cm³/mol. The van der Waals surface area contributed by atoms with Crippen LogP contribution in [0.3, 0.4) is 0 Å². The highest BCUT2D eigenvalue weighted by Gasteiger charge is 2.27. The third kappa shape index (κ3) is 1.81. The van der Waals surface area contributed by atoms with E-state index in [-0.39, 0.29) is 0 Å². The Balaban J connectivity index is 2.01. The number of hydrogen-bond donors (Lipinski definition) is 0. The third-order valence-corrected chi connectivity index (χ3v) is 3.93. The highest BCUT2D eigenvalue weighted by atomic mass is 15.2. The lowest BCUT2D eigenvalue weighted by molar-refractivity contribution is 0.351. The number of aryl methyl sites for hydroxylation is 1. The van der Waals surface area contributed by atoms with Gasteiger partial charge in [-0.25, -0.2) is 9.97 Å². The van der Waals surface area contributed by atoms with Crippen LogP contribution in [-0.4, -0.2) is 39.1 Å². The van der Waals surface area contributed by atoms with Crippen LogP contribution in [0.25, 0.3) is 11.2 Å². The first-order valence-corrected chi connectivity index (χ1v) is 6.87. The lowest BCUT2D eigenvalue weighted by Crippen LogP contribution is -2.20. The van der Waals surface area contributed by atoms with Gasteiger partial charge in [-0.1, -0.05) is 6.92 Å². The van der Waals surface area contributed by atoms with Crippen LogP contribution >= 0.6 is 0 Å². The van der Waals surface area contributed by atoms with Gasteiger partial charge in [-0.3, -0.25) is 0 Å². The molecule has 0 aromatic carbocycles. The molecule has 3 rings (SSSR count). The molecule has 2 aromatic heterocycles. The quantitative estimate of drug-likeness (QED) is 0.830. The molecule has 0 amide bonds. The monoisotopic (exact) mass is 244 g/mol. The minimum absolute atomic E-state index is 0.569. The maximum absolute atomic E-state index is 4.81. The molecule has 0 spiro atoms. The topological polar surface area (TPSA) is 34.0 Å². The summed E-state index contributed by atoms with van der Waals surface area (Å²) in [5, 5.41) is 0. The van der Waals surface area contributed by atoms with Gasteiger partial charge in [0.15, 0.2) is 5.65 Å². The lowest BCUT2D eigenvalue weighted by Gasteiger charge is -2.13. The van der Waals surface area contributed by atoms with Gasteiger partial charge >= 0.3 is 0 Å². The van der Waals surface area contributed by atoms with Gasteiger partial charge < -0.3 is 9.47 Å². The zero-order valence-electron chi connectivity index (χ0n) is 11.1. The first-order valence-electron chi connectivity index (χ1n) is 6.87. The SMILES string of the molecule is CCN1CCC(c2nc3cccnc3n2CC)C1. The summed E-state index contributed by atoms with van der Waals surface area (Å²) in [4.78, 5) is 11.8. The number of likely N-dealkylation sites (N-methyl/N-ethyl adjacent to an activating group) is 1. The van der Waals surface area contributed by atoms with Gasteiger partial charge in [0.2, 0.25) is 0 Å². The Morgan fingerprint density at radius 2 is 2.22 bits per heavy atom. The van der Waals surface area contributed by atoms with E-state index in [2.05, 4.69) is 34.4 Å². The van der Waals surface area contributed by atoms with Crippen LogP contribution in [0.1, 0.15) is 32.0 Å². The second-order valence-electron chi connectivity index (χ2n) is 4.94. The zero-order chi connectivity index (χ0) is 12.5. The fourth-order valence-corrected chi connectivity index (χ4v) is 2.93. The number of hydrogen-bond acceptors (Lipinski definition) is 3. The second-order valence-corrected chi connectivity index (χ2v) is 4.94. The molecule has 18 heavy (non-hydrogen) atoms. The van der Waals surface area contributed by atoms with Crippen molar-refractivity contribution in [2.24, 2.45) is 0 Å². The number of fused-ring (bicyclic) bond motifs is 1. The summed E-state index contributed by atoms with van der Waals surface area (Å²) in [7, 11) is 0. The van der Waals surface area contributed by atoms with Crippen molar-refractivity contribution >= 4 is 11.2 Å². The Morgan fingerprint density at radius 1 is 1.33 bits per heavy atom. The Labute approximate surface area is 108 Å².